The molecule has 0 heterocycles. The zero-order valence-electron chi connectivity index (χ0n) is 10.9. The summed E-state index contributed by atoms with van der Waals surface area (Å²) in [6.07, 6.45) is 2.97. The van der Waals surface area contributed by atoms with Crippen molar-refractivity contribution in [1.29, 1.82) is 5.26 Å². The van der Waals surface area contributed by atoms with Gasteiger partial charge < -0.3 is 4.90 Å². The molecule has 0 aromatic heterocycles. The van der Waals surface area contributed by atoms with Crippen LogP contribution in [0, 0.1) is 27.5 Å². The number of benzene rings is 1. The Balaban J connectivity index is 0.00000289. The normalized spacial score (nSPS) is 10.2. The van der Waals surface area contributed by atoms with Gasteiger partial charge in [-0.1, -0.05) is 23.4 Å². The van der Waals surface area contributed by atoms with Gasteiger partial charge >= 0.3 is 58.2 Å². The number of nitro groups is 1. The van der Waals surface area contributed by atoms with Gasteiger partial charge in [-0.3, -0.25) is 10.1 Å². The summed E-state index contributed by atoms with van der Waals surface area (Å²) >= 11 is 0. The third-order valence-corrected chi connectivity index (χ3v) is 2.32. The van der Waals surface area contributed by atoms with Crippen LogP contribution in [-0.2, 0) is 0 Å². The number of nitriles is 1. The fourth-order valence-electron chi connectivity index (χ4n) is 1.15. The maximum Gasteiger partial charge on any atom is 1.00 e. The van der Waals surface area contributed by atoms with Crippen molar-refractivity contribution in [2.75, 3.05) is 14.1 Å². The second-order valence-electron chi connectivity index (χ2n) is 3.70. The first kappa shape index (κ1) is 17.5. The molecule has 88 valence electrons. The summed E-state index contributed by atoms with van der Waals surface area (Å²) in [5.41, 5.74) is 1.56. The molecule has 0 radical (unpaired) electrons. The minimum absolute atomic E-state index is 0. The Kier molecular flexibility index (Phi) is 7.56. The Morgan fingerprint density at radius 3 is 2.56 bits per heavy atom. The maximum absolute atomic E-state index is 10.7. The third kappa shape index (κ3) is 4.61. The number of rotatable bonds is 3. The van der Waals surface area contributed by atoms with Gasteiger partial charge in [0, 0.05) is 25.1 Å². The summed E-state index contributed by atoms with van der Waals surface area (Å²) in [6.45, 7) is 1.82. The SMILES string of the molecule is CC(=[C-]c1cc([N+](=O)[O-])ccc1C#N)N(C)C.[Rb+]. The van der Waals surface area contributed by atoms with Crippen LogP contribution in [0.2, 0.25) is 0 Å². The van der Waals surface area contributed by atoms with E-state index in [0.29, 0.717) is 11.1 Å². The average molecular weight is 316 g/mol. The van der Waals surface area contributed by atoms with Crippen molar-refractivity contribution in [3.63, 3.8) is 0 Å². The van der Waals surface area contributed by atoms with E-state index in [4.69, 9.17) is 5.26 Å². The quantitative estimate of drug-likeness (QED) is 0.411. The van der Waals surface area contributed by atoms with Crippen LogP contribution in [-0.4, -0.2) is 23.9 Å². The summed E-state index contributed by atoms with van der Waals surface area (Å²) in [5.74, 6) is 0. The fourth-order valence-corrected chi connectivity index (χ4v) is 1.15. The molecule has 5 nitrogen and oxygen atoms in total. The van der Waals surface area contributed by atoms with E-state index in [1.165, 1.54) is 18.2 Å². The van der Waals surface area contributed by atoms with Gasteiger partial charge in [-0.2, -0.15) is 11.6 Å². The van der Waals surface area contributed by atoms with Crippen molar-refractivity contribution < 1.29 is 63.1 Å². The number of nitro benzene ring substituents is 1. The predicted octanol–water partition coefficient (Wildman–Crippen LogP) is -0.913. The van der Waals surface area contributed by atoms with Gasteiger partial charge in [0.15, 0.2) is 0 Å². The molecule has 0 atom stereocenters. The van der Waals surface area contributed by atoms with Gasteiger partial charge in [0.2, 0.25) is 5.69 Å². The number of hydrogen-bond donors (Lipinski definition) is 0. The number of allylic oxidation sites excluding steroid dienone is 1. The van der Waals surface area contributed by atoms with Crippen LogP contribution in [0.4, 0.5) is 5.69 Å². The van der Waals surface area contributed by atoms with E-state index < -0.39 is 4.92 Å². The molecule has 0 fully saturated rings. The van der Waals surface area contributed by atoms with E-state index >= 15 is 0 Å². The Bertz CT molecular complexity index is 519. The van der Waals surface area contributed by atoms with Crippen molar-refractivity contribution in [1.82, 2.24) is 4.90 Å². The molecule has 1 aromatic carbocycles. The molecule has 0 aliphatic rings. The fraction of sp³-hybridized carbons (Fsp3) is 0.250. The molecule has 0 N–H and O–H groups in total. The summed E-state index contributed by atoms with van der Waals surface area (Å²) in [7, 11) is 3.68. The van der Waals surface area contributed by atoms with Crippen LogP contribution >= 0.6 is 0 Å². The Morgan fingerprint density at radius 2 is 2.11 bits per heavy atom. The van der Waals surface area contributed by atoms with Crippen LogP contribution < -0.4 is 58.2 Å². The van der Waals surface area contributed by atoms with Crippen LogP contribution in [0.5, 0.6) is 0 Å². The summed E-state index contributed by atoms with van der Waals surface area (Å²) in [4.78, 5) is 12.0. The van der Waals surface area contributed by atoms with Crippen LogP contribution in [0.1, 0.15) is 18.1 Å². The maximum atomic E-state index is 10.7. The Labute approximate surface area is 155 Å². The smallest absolute Gasteiger partial charge is 0.392 e. The topological polar surface area (TPSA) is 70.2 Å². The Morgan fingerprint density at radius 1 is 1.50 bits per heavy atom. The molecule has 0 aliphatic carbocycles. The average Bonchev–Trinajstić information content (AvgIpc) is 2.28. The van der Waals surface area contributed by atoms with Crippen molar-refractivity contribution in [2.24, 2.45) is 0 Å². The zero-order chi connectivity index (χ0) is 13.0. The Hall–Kier alpha value is -0.545. The number of non-ortho nitro benzene ring substituents is 1. The van der Waals surface area contributed by atoms with Gasteiger partial charge in [-0.05, 0) is 13.0 Å². The summed E-state index contributed by atoms with van der Waals surface area (Å²) < 4.78 is 0. The van der Waals surface area contributed by atoms with E-state index in [-0.39, 0.29) is 63.9 Å². The van der Waals surface area contributed by atoms with Crippen molar-refractivity contribution in [3.8, 4) is 6.07 Å². The van der Waals surface area contributed by atoms with Gasteiger partial charge in [-0.15, -0.1) is 0 Å². The first-order valence-corrected chi connectivity index (χ1v) is 4.92. The van der Waals surface area contributed by atoms with E-state index in [2.05, 4.69) is 6.08 Å². The molecule has 6 heteroatoms. The minimum Gasteiger partial charge on any atom is -0.392 e. The molecule has 0 saturated carbocycles. The predicted molar refractivity (Wildman–Crippen MR) is 63.0 cm³/mol. The van der Waals surface area contributed by atoms with Gasteiger partial charge in [-0.25, -0.2) is 5.26 Å². The largest absolute Gasteiger partial charge is 1.00 e. The first-order valence-electron chi connectivity index (χ1n) is 4.92. The molecular weight excluding hydrogens is 304 g/mol. The summed E-state index contributed by atoms with van der Waals surface area (Å²) in [5, 5.41) is 19.6. The van der Waals surface area contributed by atoms with Gasteiger partial charge in [0.1, 0.15) is 0 Å². The molecule has 0 unspecified atom stereocenters. The molecular formula is C12H12N3O2Rb. The van der Waals surface area contributed by atoms with Crippen molar-refractivity contribution in [2.45, 2.75) is 6.92 Å². The standard InChI is InChI=1S/C12H12N3O2.Rb/c1-9(14(2)3)6-11-7-12(15(16)17)5-4-10(11)8-13;/h4-5,7H,1-3H3;/q-1;+1. The number of hydrogen-bond acceptors (Lipinski definition) is 4. The van der Waals surface area contributed by atoms with Gasteiger partial charge in [0.25, 0.3) is 0 Å². The minimum atomic E-state index is -0.489. The molecule has 0 saturated heterocycles. The van der Waals surface area contributed by atoms with Crippen LogP contribution in [0.15, 0.2) is 23.9 Å². The summed E-state index contributed by atoms with van der Waals surface area (Å²) in [6, 6.07) is 6.09. The molecule has 1 rings (SSSR count). The van der Waals surface area contributed by atoms with E-state index in [0.717, 1.165) is 5.70 Å². The van der Waals surface area contributed by atoms with Crippen molar-refractivity contribution >= 4 is 5.69 Å². The third-order valence-electron chi connectivity index (χ3n) is 2.32. The monoisotopic (exact) mass is 315 g/mol. The van der Waals surface area contributed by atoms with E-state index in [9.17, 15) is 10.1 Å². The molecule has 0 spiro atoms. The second-order valence-corrected chi connectivity index (χ2v) is 3.70. The van der Waals surface area contributed by atoms with E-state index in [1.807, 2.05) is 32.0 Å². The van der Waals surface area contributed by atoms with Crippen molar-refractivity contribution in [3.05, 3.63) is 51.2 Å². The van der Waals surface area contributed by atoms with Gasteiger partial charge in [0.05, 0.1) is 0 Å². The van der Waals surface area contributed by atoms with Crippen LogP contribution in [0.25, 0.3) is 0 Å². The van der Waals surface area contributed by atoms with Crippen LogP contribution in [0.3, 0.4) is 0 Å². The zero-order valence-corrected chi connectivity index (χ0v) is 15.8. The molecule has 0 amide bonds. The molecule has 0 bridgehead atoms. The molecule has 1 aromatic rings. The number of nitrogens with zero attached hydrogens (tertiary/aromatic N) is 3. The molecule has 0 aliphatic heterocycles. The first-order chi connectivity index (χ1) is 7.95. The second kappa shape index (κ2) is 7.80. The molecule has 18 heavy (non-hydrogen) atoms. The van der Waals surface area contributed by atoms with E-state index in [1.54, 1.807) is 0 Å².